The van der Waals surface area contributed by atoms with Gasteiger partial charge in [-0.25, -0.2) is 5.43 Å². The minimum Gasteiger partial charge on any atom is -0.465 e. The molecule has 10 heteroatoms. The Hall–Kier alpha value is -4.24. The Morgan fingerprint density at radius 2 is 1.81 bits per heavy atom. The summed E-state index contributed by atoms with van der Waals surface area (Å²) >= 11 is 6.04. The Kier molecular flexibility index (Phi) is 6.92. The zero-order valence-electron chi connectivity index (χ0n) is 15.8. The fourth-order valence-electron chi connectivity index (χ4n) is 2.42. The highest BCUT2D eigenvalue weighted by atomic mass is 35.5. The minimum absolute atomic E-state index is 0.0628. The molecule has 0 radical (unpaired) electrons. The lowest BCUT2D eigenvalue weighted by Crippen LogP contribution is -2.33. The molecule has 0 saturated heterocycles. The second kappa shape index (κ2) is 9.99. The minimum atomic E-state index is -0.713. The highest BCUT2D eigenvalue weighted by molar-refractivity contribution is 6.34. The van der Waals surface area contributed by atoms with Crippen molar-refractivity contribution in [1.82, 2.24) is 10.7 Å². The molecule has 1 heterocycles. The van der Waals surface area contributed by atoms with Crippen LogP contribution in [0, 0.1) is 10.1 Å². The van der Waals surface area contributed by atoms with Gasteiger partial charge >= 0.3 is 0 Å². The number of amides is 2. The van der Waals surface area contributed by atoms with Gasteiger partial charge in [-0.1, -0.05) is 23.7 Å². The number of hydrogen-bond acceptors (Lipinski definition) is 6. The molecule has 0 aliphatic rings. The van der Waals surface area contributed by atoms with Crippen molar-refractivity contribution in [2.24, 2.45) is 5.10 Å². The van der Waals surface area contributed by atoms with Crippen molar-refractivity contribution in [2.45, 2.75) is 0 Å². The standard InChI is InChI=1S/C21H15ClN4O5/c22-18-6-2-1-5-17(18)20(27)24-19(12-16-4-3-11-31-16)21(28)25-23-13-14-7-9-15(10-8-14)26(29)30/h1-13H,(H,24,27)(H,25,28)/b19-12+,23-13+. The van der Waals surface area contributed by atoms with E-state index in [-0.39, 0.29) is 22.0 Å². The zero-order valence-corrected chi connectivity index (χ0v) is 16.6. The van der Waals surface area contributed by atoms with Gasteiger partial charge in [-0.05, 0) is 42.0 Å². The van der Waals surface area contributed by atoms with Gasteiger partial charge in [0.1, 0.15) is 11.5 Å². The number of nitrogens with one attached hydrogen (secondary N) is 2. The van der Waals surface area contributed by atoms with Crippen LogP contribution in [0.4, 0.5) is 5.69 Å². The maximum atomic E-state index is 12.6. The average Bonchev–Trinajstić information content (AvgIpc) is 3.27. The Bertz CT molecular complexity index is 1150. The van der Waals surface area contributed by atoms with Crippen LogP contribution in [0.15, 0.2) is 82.1 Å². The predicted molar refractivity (Wildman–Crippen MR) is 114 cm³/mol. The van der Waals surface area contributed by atoms with Gasteiger partial charge < -0.3 is 9.73 Å². The van der Waals surface area contributed by atoms with Gasteiger partial charge in [-0.2, -0.15) is 5.10 Å². The van der Waals surface area contributed by atoms with Crippen LogP contribution in [0.25, 0.3) is 6.08 Å². The van der Waals surface area contributed by atoms with Gasteiger partial charge in [0.15, 0.2) is 0 Å². The van der Waals surface area contributed by atoms with Crippen LogP contribution < -0.4 is 10.7 Å². The number of hydrogen-bond donors (Lipinski definition) is 2. The third kappa shape index (κ3) is 5.87. The van der Waals surface area contributed by atoms with Crippen LogP contribution in [-0.2, 0) is 4.79 Å². The van der Waals surface area contributed by atoms with Gasteiger partial charge in [0.05, 0.1) is 28.0 Å². The Morgan fingerprint density at radius 1 is 1.06 bits per heavy atom. The second-order valence-corrected chi connectivity index (χ2v) is 6.46. The first-order valence-corrected chi connectivity index (χ1v) is 9.21. The fraction of sp³-hybridized carbons (Fsp3) is 0. The first kappa shape index (κ1) is 21.5. The molecule has 0 unspecified atom stereocenters. The zero-order chi connectivity index (χ0) is 22.2. The van der Waals surface area contributed by atoms with Crippen LogP contribution >= 0.6 is 11.6 Å². The summed E-state index contributed by atoms with van der Waals surface area (Å²) in [5.41, 5.74) is 2.83. The van der Waals surface area contributed by atoms with Gasteiger partial charge in [-0.3, -0.25) is 19.7 Å². The molecule has 0 atom stereocenters. The third-order valence-corrected chi connectivity index (χ3v) is 4.25. The van der Waals surface area contributed by atoms with Gasteiger partial charge in [0, 0.05) is 18.2 Å². The molecule has 0 bridgehead atoms. The topological polar surface area (TPSA) is 127 Å². The van der Waals surface area contributed by atoms with E-state index in [2.05, 4.69) is 15.8 Å². The summed E-state index contributed by atoms with van der Waals surface area (Å²) in [7, 11) is 0. The molecule has 1 aromatic heterocycles. The van der Waals surface area contributed by atoms with Crippen molar-refractivity contribution in [2.75, 3.05) is 0 Å². The summed E-state index contributed by atoms with van der Waals surface area (Å²) in [6, 6.07) is 15.2. The Morgan fingerprint density at radius 3 is 2.45 bits per heavy atom. The molecule has 0 spiro atoms. The number of carbonyl (C=O) groups excluding carboxylic acids is 2. The van der Waals surface area contributed by atoms with E-state index in [0.29, 0.717) is 11.3 Å². The lowest BCUT2D eigenvalue weighted by atomic mass is 10.2. The van der Waals surface area contributed by atoms with Crippen LogP contribution in [0.1, 0.15) is 21.7 Å². The monoisotopic (exact) mass is 438 g/mol. The van der Waals surface area contributed by atoms with E-state index in [9.17, 15) is 19.7 Å². The van der Waals surface area contributed by atoms with Gasteiger partial charge in [0.25, 0.3) is 17.5 Å². The lowest BCUT2D eigenvalue weighted by molar-refractivity contribution is -0.384. The van der Waals surface area contributed by atoms with Crippen LogP contribution in [0.3, 0.4) is 0 Å². The molecule has 2 amide bonds. The van der Waals surface area contributed by atoms with Crippen molar-refractivity contribution >= 4 is 41.4 Å². The van der Waals surface area contributed by atoms with Crippen molar-refractivity contribution in [3.05, 3.63) is 105 Å². The van der Waals surface area contributed by atoms with E-state index in [1.165, 1.54) is 48.9 Å². The highest BCUT2D eigenvalue weighted by Gasteiger charge is 2.16. The highest BCUT2D eigenvalue weighted by Crippen LogP contribution is 2.16. The van der Waals surface area contributed by atoms with Crippen LogP contribution in [0.2, 0.25) is 5.02 Å². The number of carbonyl (C=O) groups is 2. The molecular weight excluding hydrogens is 424 g/mol. The smallest absolute Gasteiger partial charge is 0.288 e. The molecule has 31 heavy (non-hydrogen) atoms. The summed E-state index contributed by atoms with van der Waals surface area (Å²) in [5.74, 6) is -0.961. The van der Waals surface area contributed by atoms with Gasteiger partial charge in [-0.15, -0.1) is 0 Å². The Balaban J connectivity index is 1.74. The van der Waals surface area contributed by atoms with Crippen LogP contribution in [-0.4, -0.2) is 23.0 Å². The van der Waals surface area contributed by atoms with E-state index >= 15 is 0 Å². The maximum Gasteiger partial charge on any atom is 0.288 e. The normalized spacial score (nSPS) is 11.3. The largest absolute Gasteiger partial charge is 0.465 e. The quantitative estimate of drug-likeness (QED) is 0.251. The molecule has 0 saturated carbocycles. The fourth-order valence-corrected chi connectivity index (χ4v) is 2.64. The molecule has 9 nitrogen and oxygen atoms in total. The Labute approximate surface area is 181 Å². The average molecular weight is 439 g/mol. The predicted octanol–water partition coefficient (Wildman–Crippen LogP) is 3.76. The third-order valence-electron chi connectivity index (χ3n) is 3.92. The molecule has 2 N–H and O–H groups in total. The van der Waals surface area contributed by atoms with Crippen molar-refractivity contribution < 1.29 is 18.9 Å². The number of benzene rings is 2. The number of nitro benzene ring substituents is 1. The molecule has 3 aromatic rings. The molecule has 0 fully saturated rings. The molecule has 0 aliphatic heterocycles. The number of non-ortho nitro benzene ring substituents is 1. The van der Waals surface area contributed by atoms with E-state index in [1.54, 1.807) is 30.3 Å². The lowest BCUT2D eigenvalue weighted by Gasteiger charge is -2.09. The summed E-state index contributed by atoms with van der Waals surface area (Å²) in [5, 5.41) is 17.2. The number of rotatable bonds is 7. The molecule has 156 valence electrons. The summed E-state index contributed by atoms with van der Waals surface area (Å²) in [6.45, 7) is 0. The molecule has 0 aliphatic carbocycles. The molecular formula is C21H15ClN4O5. The summed E-state index contributed by atoms with van der Waals surface area (Å²) in [6.07, 6.45) is 4.07. The number of halogens is 1. The van der Waals surface area contributed by atoms with Crippen molar-refractivity contribution in [3.8, 4) is 0 Å². The number of nitro groups is 1. The van der Waals surface area contributed by atoms with E-state index in [0.717, 1.165) is 0 Å². The van der Waals surface area contributed by atoms with Crippen molar-refractivity contribution in [3.63, 3.8) is 0 Å². The second-order valence-electron chi connectivity index (χ2n) is 6.06. The van der Waals surface area contributed by atoms with Gasteiger partial charge in [0.2, 0.25) is 0 Å². The number of nitrogens with zero attached hydrogens (tertiary/aromatic N) is 2. The van der Waals surface area contributed by atoms with E-state index < -0.39 is 16.7 Å². The summed E-state index contributed by atoms with van der Waals surface area (Å²) < 4.78 is 5.20. The number of hydrazone groups is 1. The number of furan rings is 1. The van der Waals surface area contributed by atoms with E-state index in [4.69, 9.17) is 16.0 Å². The molecule has 3 rings (SSSR count). The first-order chi connectivity index (χ1) is 14.9. The van der Waals surface area contributed by atoms with Crippen molar-refractivity contribution in [1.29, 1.82) is 0 Å². The van der Waals surface area contributed by atoms with Crippen LogP contribution in [0.5, 0.6) is 0 Å². The first-order valence-electron chi connectivity index (χ1n) is 8.83. The molecule has 2 aromatic carbocycles. The van der Waals surface area contributed by atoms with E-state index in [1.807, 2.05) is 0 Å². The summed E-state index contributed by atoms with van der Waals surface area (Å²) in [4.78, 5) is 35.3. The maximum absolute atomic E-state index is 12.6. The SMILES string of the molecule is O=C(N/N=C/c1ccc([N+](=O)[O-])cc1)/C(=C\c1ccco1)NC(=O)c1ccccc1Cl.